The zero-order valence-corrected chi connectivity index (χ0v) is 16.4. The minimum atomic E-state index is -3.54. The Morgan fingerprint density at radius 1 is 1.20 bits per heavy atom. The lowest BCUT2D eigenvalue weighted by atomic mass is 10.1. The Hall–Kier alpha value is -1.40. The van der Waals surface area contributed by atoms with Crippen molar-refractivity contribution in [3.63, 3.8) is 0 Å². The topological polar surface area (TPSA) is 66.5 Å². The van der Waals surface area contributed by atoms with Crippen molar-refractivity contribution in [3.8, 4) is 0 Å². The summed E-state index contributed by atoms with van der Waals surface area (Å²) in [5.74, 6) is -0.202. The van der Waals surface area contributed by atoms with Gasteiger partial charge in [-0.05, 0) is 50.8 Å². The van der Waals surface area contributed by atoms with E-state index in [4.69, 9.17) is 0 Å². The monoisotopic (exact) mass is 366 g/mol. The average Bonchev–Trinajstić information content (AvgIpc) is 2.85. The van der Waals surface area contributed by atoms with Gasteiger partial charge in [0.1, 0.15) is 0 Å². The molecule has 1 heterocycles. The average molecular weight is 367 g/mol. The van der Waals surface area contributed by atoms with E-state index in [1.54, 1.807) is 16.4 Å². The Labute approximate surface area is 151 Å². The highest BCUT2D eigenvalue weighted by Gasteiger charge is 2.26. The Morgan fingerprint density at radius 2 is 1.84 bits per heavy atom. The summed E-state index contributed by atoms with van der Waals surface area (Å²) < 4.78 is 27.5. The van der Waals surface area contributed by atoms with Gasteiger partial charge in [-0.15, -0.1) is 0 Å². The maximum atomic E-state index is 12.9. The summed E-state index contributed by atoms with van der Waals surface area (Å²) in [5, 5.41) is 2.96. The molecule has 1 amide bonds. The molecule has 1 unspecified atom stereocenters. The van der Waals surface area contributed by atoms with Gasteiger partial charge in [-0.3, -0.25) is 4.79 Å². The Balaban J connectivity index is 2.26. The largest absolute Gasteiger partial charge is 0.350 e. The highest BCUT2D eigenvalue weighted by Crippen LogP contribution is 2.22. The van der Waals surface area contributed by atoms with Gasteiger partial charge in [0.05, 0.1) is 4.90 Å². The van der Waals surface area contributed by atoms with Crippen LogP contribution in [0, 0.1) is 6.92 Å². The molecular weight excluding hydrogens is 336 g/mol. The van der Waals surface area contributed by atoms with Crippen LogP contribution in [0.25, 0.3) is 0 Å². The molecule has 1 aromatic carbocycles. The number of hydrogen-bond donors (Lipinski definition) is 1. The number of carbonyl (C=O) groups excluding carboxylic acids is 1. The Kier molecular flexibility index (Phi) is 7.02. The minimum Gasteiger partial charge on any atom is -0.350 e. The van der Waals surface area contributed by atoms with Crippen LogP contribution in [-0.2, 0) is 10.0 Å². The van der Waals surface area contributed by atoms with E-state index in [2.05, 4.69) is 12.2 Å². The second kappa shape index (κ2) is 8.81. The number of amides is 1. The van der Waals surface area contributed by atoms with Crippen LogP contribution in [0.4, 0.5) is 0 Å². The van der Waals surface area contributed by atoms with Crippen molar-refractivity contribution in [1.29, 1.82) is 0 Å². The fourth-order valence-corrected chi connectivity index (χ4v) is 4.79. The second-order valence-corrected chi connectivity index (χ2v) is 8.90. The summed E-state index contributed by atoms with van der Waals surface area (Å²) in [7, 11) is -3.54. The number of nitrogens with one attached hydrogen (secondary N) is 1. The lowest BCUT2D eigenvalue weighted by Gasteiger charge is -2.21. The highest BCUT2D eigenvalue weighted by atomic mass is 32.2. The molecule has 1 aliphatic heterocycles. The molecule has 0 spiro atoms. The van der Waals surface area contributed by atoms with Gasteiger partial charge in [0, 0.05) is 24.7 Å². The Morgan fingerprint density at radius 3 is 2.44 bits per heavy atom. The fraction of sp³-hybridized carbons (Fsp3) is 0.632. The van der Waals surface area contributed by atoms with Crippen molar-refractivity contribution in [1.82, 2.24) is 9.62 Å². The zero-order chi connectivity index (χ0) is 18.4. The molecule has 0 radical (unpaired) electrons. The van der Waals surface area contributed by atoms with Gasteiger partial charge in [-0.1, -0.05) is 32.3 Å². The smallest absolute Gasteiger partial charge is 0.251 e. The van der Waals surface area contributed by atoms with E-state index in [9.17, 15) is 13.2 Å². The number of sulfonamides is 1. The van der Waals surface area contributed by atoms with Crippen LogP contribution in [0.5, 0.6) is 0 Å². The third-order valence-electron chi connectivity index (χ3n) is 4.76. The van der Waals surface area contributed by atoms with Gasteiger partial charge >= 0.3 is 0 Å². The van der Waals surface area contributed by atoms with Gasteiger partial charge in [0.25, 0.3) is 5.91 Å². The molecule has 1 aromatic rings. The van der Waals surface area contributed by atoms with Crippen molar-refractivity contribution in [2.45, 2.75) is 70.2 Å². The normalized spacial score (nSPS) is 17.7. The minimum absolute atomic E-state index is 0.0720. The molecule has 1 aliphatic rings. The van der Waals surface area contributed by atoms with Gasteiger partial charge in [0.15, 0.2) is 0 Å². The summed E-state index contributed by atoms with van der Waals surface area (Å²) in [6.45, 7) is 7.00. The maximum absolute atomic E-state index is 12.9. The number of nitrogens with zero attached hydrogens (tertiary/aromatic N) is 1. The Bertz CT molecular complexity index is 693. The first-order chi connectivity index (χ1) is 11.9. The number of rotatable bonds is 6. The molecule has 0 bridgehead atoms. The molecule has 0 aliphatic carbocycles. The van der Waals surface area contributed by atoms with Crippen LogP contribution in [0.15, 0.2) is 23.1 Å². The molecule has 2 rings (SSSR count). The second-order valence-electron chi connectivity index (χ2n) is 6.96. The van der Waals surface area contributed by atoms with Crippen LogP contribution in [0.1, 0.15) is 68.3 Å². The quantitative estimate of drug-likeness (QED) is 0.838. The SMILES string of the molecule is CCCC(C)NC(=O)c1cc(S(=O)(=O)N2CCCCCC2)ccc1C. The van der Waals surface area contributed by atoms with Gasteiger partial charge < -0.3 is 5.32 Å². The molecule has 6 heteroatoms. The first-order valence-electron chi connectivity index (χ1n) is 9.28. The number of hydrogen-bond acceptors (Lipinski definition) is 3. The molecule has 0 saturated carbocycles. The molecule has 1 N–H and O–H groups in total. The molecule has 140 valence electrons. The van der Waals surface area contributed by atoms with Crippen molar-refractivity contribution < 1.29 is 13.2 Å². The van der Waals surface area contributed by atoms with Crippen molar-refractivity contribution in [3.05, 3.63) is 29.3 Å². The van der Waals surface area contributed by atoms with Crippen LogP contribution in [0.2, 0.25) is 0 Å². The third kappa shape index (κ3) is 5.05. The van der Waals surface area contributed by atoms with E-state index >= 15 is 0 Å². The maximum Gasteiger partial charge on any atom is 0.251 e. The summed E-state index contributed by atoms with van der Waals surface area (Å²) in [6, 6.07) is 4.94. The van der Waals surface area contributed by atoms with E-state index in [0.717, 1.165) is 44.1 Å². The molecule has 1 saturated heterocycles. The molecular formula is C19H30N2O3S. The summed E-state index contributed by atoms with van der Waals surface area (Å²) >= 11 is 0. The van der Waals surface area contributed by atoms with E-state index in [0.29, 0.717) is 18.7 Å². The predicted octanol–water partition coefficient (Wildman–Crippen LogP) is 3.48. The lowest BCUT2D eigenvalue weighted by Crippen LogP contribution is -2.34. The van der Waals surface area contributed by atoms with Crippen LogP contribution in [-0.4, -0.2) is 37.8 Å². The number of aryl methyl sites for hydroxylation is 1. The first-order valence-corrected chi connectivity index (χ1v) is 10.7. The molecule has 0 aromatic heterocycles. The standard InChI is InChI=1S/C19H30N2O3S/c1-4-9-16(3)20-19(22)18-14-17(11-10-15(18)2)25(23,24)21-12-7-5-6-8-13-21/h10-11,14,16H,4-9,12-13H2,1-3H3,(H,20,22). The van der Waals surface area contributed by atoms with Gasteiger partial charge in [0.2, 0.25) is 10.0 Å². The van der Waals surface area contributed by atoms with Gasteiger partial charge in [-0.25, -0.2) is 8.42 Å². The molecule has 25 heavy (non-hydrogen) atoms. The lowest BCUT2D eigenvalue weighted by molar-refractivity contribution is 0.0937. The van der Waals surface area contributed by atoms with Crippen molar-refractivity contribution >= 4 is 15.9 Å². The van der Waals surface area contributed by atoms with Crippen LogP contribution in [0.3, 0.4) is 0 Å². The van der Waals surface area contributed by atoms with Crippen LogP contribution < -0.4 is 5.32 Å². The summed E-state index contributed by atoms with van der Waals surface area (Å²) in [6.07, 6.45) is 5.83. The van der Waals surface area contributed by atoms with E-state index in [-0.39, 0.29) is 16.8 Å². The van der Waals surface area contributed by atoms with Crippen molar-refractivity contribution in [2.24, 2.45) is 0 Å². The first kappa shape index (κ1) is 19.9. The third-order valence-corrected chi connectivity index (χ3v) is 6.65. The summed E-state index contributed by atoms with van der Waals surface area (Å²) in [4.78, 5) is 12.8. The molecule has 1 atom stereocenters. The van der Waals surface area contributed by atoms with Gasteiger partial charge in [-0.2, -0.15) is 4.31 Å². The fourth-order valence-electron chi connectivity index (χ4n) is 3.24. The molecule has 1 fully saturated rings. The summed E-state index contributed by atoms with van der Waals surface area (Å²) in [5.41, 5.74) is 1.23. The van der Waals surface area contributed by atoms with Crippen LogP contribution >= 0.6 is 0 Å². The number of benzene rings is 1. The van der Waals surface area contributed by atoms with Crippen molar-refractivity contribution in [2.75, 3.05) is 13.1 Å². The number of carbonyl (C=O) groups is 1. The van der Waals surface area contributed by atoms with E-state index in [1.807, 2.05) is 13.8 Å². The predicted molar refractivity (Wildman–Crippen MR) is 100 cm³/mol. The zero-order valence-electron chi connectivity index (χ0n) is 15.5. The highest BCUT2D eigenvalue weighted by molar-refractivity contribution is 7.89. The van der Waals surface area contributed by atoms with E-state index < -0.39 is 10.0 Å². The van der Waals surface area contributed by atoms with E-state index in [1.165, 1.54) is 6.07 Å². The molecule has 5 nitrogen and oxygen atoms in total.